The zero-order chi connectivity index (χ0) is 17.1. The van der Waals surface area contributed by atoms with Gasteiger partial charge in [-0.1, -0.05) is 0 Å². The third-order valence-electron chi connectivity index (χ3n) is 4.93. The third-order valence-corrected chi connectivity index (χ3v) is 6.11. The normalized spacial score (nSPS) is 18.4. The number of rotatable bonds is 6. The highest BCUT2D eigenvalue weighted by Crippen LogP contribution is 2.38. The Labute approximate surface area is 152 Å². The summed E-state index contributed by atoms with van der Waals surface area (Å²) in [6, 6.07) is 0. The van der Waals surface area contributed by atoms with Gasteiger partial charge in [0, 0.05) is 31.6 Å². The highest BCUT2D eigenvalue weighted by Gasteiger charge is 2.22. The molecular weight excluding hydrogens is 336 g/mol. The summed E-state index contributed by atoms with van der Waals surface area (Å²) in [5.41, 5.74) is 1.48. The summed E-state index contributed by atoms with van der Waals surface area (Å²) < 4.78 is 10.6. The van der Waals surface area contributed by atoms with Crippen molar-refractivity contribution in [2.45, 2.75) is 32.2 Å². The number of fused-ring (bicyclic) bond motifs is 3. The molecule has 0 amide bonds. The molecule has 2 aliphatic rings. The van der Waals surface area contributed by atoms with Crippen molar-refractivity contribution in [1.29, 1.82) is 0 Å². The fourth-order valence-electron chi connectivity index (χ4n) is 3.63. The molecule has 0 unspecified atom stereocenters. The average Bonchev–Trinajstić information content (AvgIpc) is 3.01. The van der Waals surface area contributed by atoms with Crippen LogP contribution in [0.15, 0.2) is 0 Å². The predicted octanol–water partition coefficient (Wildman–Crippen LogP) is 2.46. The molecule has 3 heterocycles. The molecule has 1 saturated heterocycles. The highest BCUT2D eigenvalue weighted by atomic mass is 32.1. The van der Waals surface area contributed by atoms with Crippen LogP contribution in [-0.2, 0) is 28.9 Å². The van der Waals surface area contributed by atoms with Crippen molar-refractivity contribution in [3.05, 3.63) is 16.3 Å². The van der Waals surface area contributed by atoms with Crippen LogP contribution in [0, 0.1) is 0 Å². The monoisotopic (exact) mass is 362 g/mol. The predicted molar refractivity (Wildman–Crippen MR) is 101 cm³/mol. The van der Waals surface area contributed by atoms with E-state index in [1.54, 1.807) is 7.11 Å². The molecule has 1 aliphatic carbocycles. The number of ether oxygens (including phenoxy) is 2. The van der Waals surface area contributed by atoms with Crippen LogP contribution in [0.25, 0.3) is 10.2 Å². The molecule has 6 nitrogen and oxygen atoms in total. The Morgan fingerprint density at radius 1 is 1.20 bits per heavy atom. The highest BCUT2D eigenvalue weighted by molar-refractivity contribution is 7.19. The van der Waals surface area contributed by atoms with Crippen LogP contribution in [0.4, 0.5) is 5.82 Å². The molecule has 1 fully saturated rings. The molecule has 1 aliphatic heterocycles. The first kappa shape index (κ1) is 17.1. The molecule has 2 aromatic rings. The Balaban J connectivity index is 1.66. The molecule has 0 bridgehead atoms. The van der Waals surface area contributed by atoms with Gasteiger partial charge in [-0.25, -0.2) is 9.97 Å². The lowest BCUT2D eigenvalue weighted by Crippen LogP contribution is -2.36. The molecule has 2 aromatic heterocycles. The van der Waals surface area contributed by atoms with E-state index in [0.717, 1.165) is 62.3 Å². The Morgan fingerprint density at radius 3 is 2.88 bits per heavy atom. The molecule has 0 saturated carbocycles. The molecular formula is C18H26N4O2S. The summed E-state index contributed by atoms with van der Waals surface area (Å²) >= 11 is 1.86. The van der Waals surface area contributed by atoms with Crippen molar-refractivity contribution in [3.63, 3.8) is 0 Å². The number of anilines is 1. The van der Waals surface area contributed by atoms with E-state index in [-0.39, 0.29) is 0 Å². The van der Waals surface area contributed by atoms with E-state index in [4.69, 9.17) is 19.4 Å². The van der Waals surface area contributed by atoms with Crippen molar-refractivity contribution in [1.82, 2.24) is 14.9 Å². The second-order valence-corrected chi connectivity index (χ2v) is 7.77. The van der Waals surface area contributed by atoms with Gasteiger partial charge in [-0.15, -0.1) is 11.3 Å². The number of aromatic nitrogens is 2. The first-order valence-electron chi connectivity index (χ1n) is 9.19. The summed E-state index contributed by atoms with van der Waals surface area (Å²) in [4.78, 5) is 14.8. The average molecular weight is 362 g/mol. The topological polar surface area (TPSA) is 59.5 Å². The van der Waals surface area contributed by atoms with Crippen LogP contribution in [0.5, 0.6) is 0 Å². The first-order valence-corrected chi connectivity index (χ1v) is 10.0. The van der Waals surface area contributed by atoms with Gasteiger partial charge < -0.3 is 14.8 Å². The number of hydrogen-bond donors (Lipinski definition) is 1. The summed E-state index contributed by atoms with van der Waals surface area (Å²) in [6.07, 6.45) is 4.90. The van der Waals surface area contributed by atoms with Crippen molar-refractivity contribution in [3.8, 4) is 0 Å². The van der Waals surface area contributed by atoms with Gasteiger partial charge in [0.15, 0.2) is 0 Å². The van der Waals surface area contributed by atoms with Gasteiger partial charge in [0.2, 0.25) is 0 Å². The molecule has 4 rings (SSSR count). The second-order valence-electron chi connectivity index (χ2n) is 6.69. The maximum Gasteiger partial charge on any atom is 0.146 e. The minimum absolute atomic E-state index is 0.677. The van der Waals surface area contributed by atoms with Gasteiger partial charge in [-0.05, 0) is 31.2 Å². The minimum Gasteiger partial charge on any atom is -0.383 e. The molecule has 7 heteroatoms. The first-order chi connectivity index (χ1) is 12.3. The van der Waals surface area contributed by atoms with Gasteiger partial charge in [-0.3, -0.25) is 4.90 Å². The van der Waals surface area contributed by atoms with Crippen LogP contribution < -0.4 is 5.32 Å². The van der Waals surface area contributed by atoms with Crippen LogP contribution in [0.2, 0.25) is 0 Å². The van der Waals surface area contributed by atoms with Crippen molar-refractivity contribution < 1.29 is 9.47 Å². The summed E-state index contributed by atoms with van der Waals surface area (Å²) in [5, 5.41) is 4.74. The maximum absolute atomic E-state index is 5.45. The number of thiophene rings is 1. The van der Waals surface area contributed by atoms with Crippen LogP contribution in [0.1, 0.15) is 29.1 Å². The molecule has 136 valence electrons. The fraction of sp³-hybridized carbons (Fsp3) is 0.667. The van der Waals surface area contributed by atoms with Gasteiger partial charge in [-0.2, -0.15) is 0 Å². The number of aryl methyl sites for hydroxylation is 2. The summed E-state index contributed by atoms with van der Waals surface area (Å²) in [7, 11) is 1.73. The summed E-state index contributed by atoms with van der Waals surface area (Å²) in [6.45, 7) is 5.74. The van der Waals surface area contributed by atoms with E-state index in [2.05, 4.69) is 10.2 Å². The molecule has 25 heavy (non-hydrogen) atoms. The van der Waals surface area contributed by atoms with Gasteiger partial charge in [0.25, 0.3) is 0 Å². The number of nitrogens with zero attached hydrogens (tertiary/aromatic N) is 3. The minimum atomic E-state index is 0.677. The Bertz CT molecular complexity index is 727. The maximum atomic E-state index is 5.45. The smallest absolute Gasteiger partial charge is 0.146 e. The molecule has 1 N–H and O–H groups in total. The zero-order valence-corrected chi connectivity index (χ0v) is 15.7. The number of hydrogen-bond acceptors (Lipinski definition) is 7. The SMILES string of the molecule is COCCNc1nc(CN2CCOCC2)nc2sc3c(c12)CCCC3. The van der Waals surface area contributed by atoms with Crippen LogP contribution in [-0.4, -0.2) is 61.4 Å². The third kappa shape index (κ3) is 3.79. The second kappa shape index (κ2) is 7.95. The lowest BCUT2D eigenvalue weighted by Gasteiger charge is -2.25. The standard InChI is InChI=1S/C18H26N4O2S/c1-23-9-6-19-17-16-13-4-2-3-5-14(13)25-18(16)21-15(20-17)12-22-7-10-24-11-8-22/h2-12H2,1H3,(H,19,20,21). The largest absolute Gasteiger partial charge is 0.383 e. The van der Waals surface area contributed by atoms with E-state index < -0.39 is 0 Å². The van der Waals surface area contributed by atoms with E-state index in [1.807, 2.05) is 11.3 Å². The zero-order valence-electron chi connectivity index (χ0n) is 14.8. The summed E-state index contributed by atoms with van der Waals surface area (Å²) in [5.74, 6) is 1.90. The fourth-order valence-corrected chi connectivity index (χ4v) is 4.91. The van der Waals surface area contributed by atoms with Crippen molar-refractivity contribution in [2.75, 3.05) is 51.9 Å². The van der Waals surface area contributed by atoms with E-state index >= 15 is 0 Å². The van der Waals surface area contributed by atoms with Crippen molar-refractivity contribution in [2.24, 2.45) is 0 Å². The van der Waals surface area contributed by atoms with E-state index in [1.165, 1.54) is 35.1 Å². The molecule has 0 atom stereocenters. The van der Waals surface area contributed by atoms with Crippen molar-refractivity contribution >= 4 is 27.4 Å². The van der Waals surface area contributed by atoms with Crippen LogP contribution >= 0.6 is 11.3 Å². The quantitative estimate of drug-likeness (QED) is 0.797. The van der Waals surface area contributed by atoms with Gasteiger partial charge in [0.1, 0.15) is 16.5 Å². The van der Waals surface area contributed by atoms with Gasteiger partial charge in [0.05, 0.1) is 31.8 Å². The molecule has 0 aromatic carbocycles. The van der Waals surface area contributed by atoms with Crippen LogP contribution in [0.3, 0.4) is 0 Å². The van der Waals surface area contributed by atoms with Gasteiger partial charge >= 0.3 is 0 Å². The molecule has 0 spiro atoms. The lowest BCUT2D eigenvalue weighted by molar-refractivity contribution is 0.0331. The number of methoxy groups -OCH3 is 1. The Hall–Kier alpha value is -1.28. The lowest BCUT2D eigenvalue weighted by atomic mass is 9.97. The Kier molecular flexibility index (Phi) is 5.45. The van der Waals surface area contributed by atoms with E-state index in [9.17, 15) is 0 Å². The number of morpholine rings is 1. The van der Waals surface area contributed by atoms with E-state index in [0.29, 0.717) is 6.61 Å². The molecule has 0 radical (unpaired) electrons. The Morgan fingerprint density at radius 2 is 2.04 bits per heavy atom. The number of nitrogens with one attached hydrogen (secondary N) is 1.